The number of carbonyl (C=O) groups excluding carboxylic acids is 1. The van der Waals surface area contributed by atoms with Crippen LogP contribution in [0.2, 0.25) is 0 Å². The van der Waals surface area contributed by atoms with Gasteiger partial charge in [0.25, 0.3) is 0 Å². The molecule has 0 spiro atoms. The zero-order chi connectivity index (χ0) is 33.9. The van der Waals surface area contributed by atoms with Gasteiger partial charge in [-0.15, -0.1) is 0 Å². The van der Waals surface area contributed by atoms with E-state index in [4.69, 9.17) is 14.2 Å². The first kappa shape index (κ1) is 37.5. The first-order chi connectivity index (χ1) is 22.8. The average molecular weight is 651 g/mol. The molecule has 4 nitrogen and oxygen atoms in total. The Hall–Kier alpha value is -3.92. The minimum absolute atomic E-state index is 0.0750. The van der Waals surface area contributed by atoms with E-state index in [-0.39, 0.29) is 30.0 Å². The zero-order valence-electron chi connectivity index (χ0n) is 28.1. The lowest BCUT2D eigenvalue weighted by Gasteiger charge is -2.15. The Labute approximate surface area is 279 Å². The van der Waals surface area contributed by atoms with Crippen molar-refractivity contribution >= 4 is 5.97 Å². The maximum Gasteiger partial charge on any atom is 0.346 e. The van der Waals surface area contributed by atoms with Crippen LogP contribution in [0, 0.1) is 29.3 Å². The maximum absolute atomic E-state index is 14.7. The number of halogens is 3. The molecule has 0 heterocycles. The van der Waals surface area contributed by atoms with Crippen LogP contribution in [0.3, 0.4) is 0 Å². The number of benzene rings is 3. The Morgan fingerprint density at radius 3 is 1.91 bits per heavy atom. The molecule has 0 N–H and O–H groups in total. The number of rotatable bonds is 20. The van der Waals surface area contributed by atoms with Gasteiger partial charge in [0.2, 0.25) is 5.82 Å². The minimum Gasteiger partial charge on any atom is -0.490 e. The first-order valence-corrected chi connectivity index (χ1v) is 17.2. The van der Waals surface area contributed by atoms with Gasteiger partial charge in [0, 0.05) is 11.1 Å². The summed E-state index contributed by atoms with van der Waals surface area (Å²) in [5.41, 5.74) is 0.554. The number of hydrogen-bond acceptors (Lipinski definition) is 4. The highest BCUT2D eigenvalue weighted by Gasteiger charge is 2.21. The summed E-state index contributed by atoms with van der Waals surface area (Å²) in [5, 5.41) is 0. The van der Waals surface area contributed by atoms with Crippen molar-refractivity contribution in [2.45, 2.75) is 117 Å². The monoisotopic (exact) mass is 650 g/mol. The largest absolute Gasteiger partial charge is 0.490 e. The Bertz CT molecular complexity index is 1440. The normalized spacial score (nSPS) is 11.4. The molecule has 3 aromatic carbocycles. The zero-order valence-corrected chi connectivity index (χ0v) is 28.1. The summed E-state index contributed by atoms with van der Waals surface area (Å²) in [6.45, 7) is 6.58. The molecule has 254 valence electrons. The van der Waals surface area contributed by atoms with Gasteiger partial charge in [-0.1, -0.05) is 96.3 Å². The van der Waals surface area contributed by atoms with Crippen LogP contribution in [0.1, 0.15) is 132 Å². The second kappa shape index (κ2) is 21.1. The van der Waals surface area contributed by atoms with E-state index in [0.29, 0.717) is 11.1 Å². The lowest BCUT2D eigenvalue weighted by Crippen LogP contribution is -2.12. The second-order valence-corrected chi connectivity index (χ2v) is 12.0. The molecule has 0 amide bonds. The third-order valence-corrected chi connectivity index (χ3v) is 7.91. The summed E-state index contributed by atoms with van der Waals surface area (Å²) in [7, 11) is 0. The smallest absolute Gasteiger partial charge is 0.346 e. The van der Waals surface area contributed by atoms with Crippen molar-refractivity contribution < 1.29 is 32.2 Å². The second-order valence-electron chi connectivity index (χ2n) is 12.0. The Kier molecular flexibility index (Phi) is 16.8. The lowest BCUT2D eigenvalue weighted by molar-refractivity contribution is 0.0728. The van der Waals surface area contributed by atoms with E-state index in [1.165, 1.54) is 75.6 Å². The van der Waals surface area contributed by atoms with Crippen LogP contribution in [0.15, 0.2) is 54.6 Å². The molecule has 0 bridgehead atoms. The van der Waals surface area contributed by atoms with E-state index in [1.807, 2.05) is 6.92 Å². The van der Waals surface area contributed by atoms with E-state index in [1.54, 1.807) is 24.3 Å². The predicted molar refractivity (Wildman–Crippen MR) is 182 cm³/mol. The molecular weight excluding hydrogens is 601 g/mol. The molecule has 0 aliphatic rings. The van der Waals surface area contributed by atoms with Gasteiger partial charge < -0.3 is 14.2 Å². The van der Waals surface area contributed by atoms with Crippen molar-refractivity contribution in [2.75, 3.05) is 6.61 Å². The van der Waals surface area contributed by atoms with E-state index in [2.05, 4.69) is 25.7 Å². The van der Waals surface area contributed by atoms with Crippen molar-refractivity contribution in [1.82, 2.24) is 0 Å². The van der Waals surface area contributed by atoms with E-state index in [9.17, 15) is 18.0 Å². The molecule has 3 rings (SSSR count). The molecular formula is C40H49F3O4. The highest BCUT2D eigenvalue weighted by atomic mass is 19.2. The third kappa shape index (κ3) is 13.4. The van der Waals surface area contributed by atoms with Gasteiger partial charge in [-0.05, 0) is 80.8 Å². The number of hydrogen-bond donors (Lipinski definition) is 0. The van der Waals surface area contributed by atoms with E-state index >= 15 is 0 Å². The number of esters is 1. The molecule has 1 unspecified atom stereocenters. The minimum atomic E-state index is -1.31. The van der Waals surface area contributed by atoms with Gasteiger partial charge in [-0.25, -0.2) is 13.6 Å². The maximum atomic E-state index is 14.7. The van der Waals surface area contributed by atoms with E-state index in [0.717, 1.165) is 44.6 Å². The molecule has 3 aromatic rings. The molecule has 0 aliphatic heterocycles. The molecule has 0 fully saturated rings. The molecule has 0 aromatic heterocycles. The fourth-order valence-electron chi connectivity index (χ4n) is 5.12. The Morgan fingerprint density at radius 1 is 0.681 bits per heavy atom. The van der Waals surface area contributed by atoms with Crippen molar-refractivity contribution in [1.29, 1.82) is 0 Å². The topological polar surface area (TPSA) is 44.8 Å². The van der Waals surface area contributed by atoms with Crippen molar-refractivity contribution in [3.8, 4) is 29.1 Å². The highest BCUT2D eigenvalue weighted by molar-refractivity contribution is 5.91. The van der Waals surface area contributed by atoms with Crippen molar-refractivity contribution in [3.63, 3.8) is 0 Å². The van der Waals surface area contributed by atoms with Crippen molar-refractivity contribution in [3.05, 3.63) is 88.7 Å². The number of unbranched alkanes of at least 4 members (excludes halogenated alkanes) is 11. The Morgan fingerprint density at radius 2 is 1.26 bits per heavy atom. The molecule has 0 saturated carbocycles. The number of carbonyl (C=O) groups is 1. The van der Waals surface area contributed by atoms with Crippen LogP contribution >= 0.6 is 0 Å². The van der Waals surface area contributed by atoms with Crippen LogP contribution in [0.4, 0.5) is 13.2 Å². The summed E-state index contributed by atoms with van der Waals surface area (Å²) in [5.74, 6) is 1.95. The predicted octanol–water partition coefficient (Wildman–Crippen LogP) is 11.4. The Balaban J connectivity index is 1.46. The average Bonchev–Trinajstić information content (AvgIpc) is 3.06. The summed E-state index contributed by atoms with van der Waals surface area (Å²) in [6, 6.07) is 13.3. The van der Waals surface area contributed by atoms with Gasteiger partial charge in [0.05, 0.1) is 18.3 Å². The standard InChI is InChI=1S/C40H49F3O4/c1-4-6-8-10-11-12-13-14-16-28-45-37-27-25-34(38(42)39(37)43)40(44)47-33-23-20-31(21-24-33)18-19-32-22-26-36(35(41)29-32)46-30(3)17-15-9-7-5-2/h20-27,29-30H,4-17,28H2,1-3H3. The van der Waals surface area contributed by atoms with Crippen LogP contribution < -0.4 is 14.2 Å². The number of ether oxygens (including phenoxy) is 3. The van der Waals surface area contributed by atoms with Crippen LogP contribution in [0.5, 0.6) is 17.2 Å². The van der Waals surface area contributed by atoms with Gasteiger partial charge in [0.15, 0.2) is 23.1 Å². The fraction of sp³-hybridized carbons (Fsp3) is 0.475. The van der Waals surface area contributed by atoms with Gasteiger partial charge in [-0.2, -0.15) is 4.39 Å². The molecule has 0 radical (unpaired) electrons. The third-order valence-electron chi connectivity index (χ3n) is 7.91. The van der Waals surface area contributed by atoms with E-state index < -0.39 is 29.0 Å². The lowest BCUT2D eigenvalue weighted by atomic mass is 10.1. The van der Waals surface area contributed by atoms with Crippen molar-refractivity contribution in [2.24, 2.45) is 0 Å². The molecule has 1 atom stereocenters. The highest BCUT2D eigenvalue weighted by Crippen LogP contribution is 2.25. The van der Waals surface area contributed by atoms with Crippen LogP contribution in [-0.2, 0) is 0 Å². The first-order valence-electron chi connectivity index (χ1n) is 17.2. The van der Waals surface area contributed by atoms with Gasteiger partial charge >= 0.3 is 5.97 Å². The molecule has 0 saturated heterocycles. The summed E-state index contributed by atoms with van der Waals surface area (Å²) < 4.78 is 60.4. The quantitative estimate of drug-likeness (QED) is 0.0528. The summed E-state index contributed by atoms with van der Waals surface area (Å²) in [4.78, 5) is 12.6. The van der Waals surface area contributed by atoms with Gasteiger partial charge in [0.1, 0.15) is 5.75 Å². The fourth-order valence-corrected chi connectivity index (χ4v) is 5.12. The molecule has 47 heavy (non-hydrogen) atoms. The van der Waals surface area contributed by atoms with Crippen LogP contribution in [0.25, 0.3) is 0 Å². The summed E-state index contributed by atoms with van der Waals surface area (Å²) in [6.07, 6.45) is 15.6. The summed E-state index contributed by atoms with van der Waals surface area (Å²) >= 11 is 0. The molecule has 0 aliphatic carbocycles. The van der Waals surface area contributed by atoms with Crippen LogP contribution in [-0.4, -0.2) is 18.7 Å². The van der Waals surface area contributed by atoms with Gasteiger partial charge in [-0.3, -0.25) is 0 Å². The molecule has 7 heteroatoms. The SMILES string of the molecule is CCCCCCCCCCCOc1ccc(C(=O)Oc2ccc(C#Cc3ccc(OC(C)CCCCCC)c(F)c3)cc2)c(F)c1F.